The molecule has 0 aliphatic carbocycles. The lowest BCUT2D eigenvalue weighted by atomic mass is 10.1. The second-order valence-electron chi connectivity index (χ2n) is 6.50. The average Bonchev–Trinajstić information content (AvgIpc) is 2.62. The first kappa shape index (κ1) is 19.8. The summed E-state index contributed by atoms with van der Waals surface area (Å²) in [6.07, 6.45) is 2.71. The maximum atomic E-state index is 5.78. The van der Waals surface area contributed by atoms with E-state index in [0.717, 1.165) is 38.4 Å². The molecule has 4 heteroatoms. The van der Waals surface area contributed by atoms with E-state index in [0.29, 0.717) is 12.7 Å². The molecule has 1 heterocycles. The summed E-state index contributed by atoms with van der Waals surface area (Å²) in [6, 6.07) is 18.8. The van der Waals surface area contributed by atoms with Crippen LogP contribution in [0.3, 0.4) is 0 Å². The van der Waals surface area contributed by atoms with Crippen LogP contribution in [0.2, 0.25) is 0 Å². The molecule has 0 amide bonds. The maximum absolute atomic E-state index is 5.78. The summed E-state index contributed by atoms with van der Waals surface area (Å²) >= 11 is 0. The van der Waals surface area contributed by atoms with Crippen molar-refractivity contribution in [3.8, 4) is 5.75 Å². The molecule has 2 aromatic carbocycles. The highest BCUT2D eigenvalue weighted by Gasteiger charge is 2.15. The number of nitrogens with zero attached hydrogens (tertiary/aromatic N) is 1. The molecule has 2 aromatic rings. The van der Waals surface area contributed by atoms with Crippen molar-refractivity contribution < 1.29 is 9.47 Å². The number of morpholine rings is 1. The van der Waals surface area contributed by atoms with E-state index in [1.807, 2.05) is 30.3 Å². The van der Waals surface area contributed by atoms with Crippen LogP contribution in [0.5, 0.6) is 5.75 Å². The van der Waals surface area contributed by atoms with Gasteiger partial charge in [0.2, 0.25) is 0 Å². The Morgan fingerprint density at radius 2 is 1.76 bits per heavy atom. The Morgan fingerprint density at radius 1 is 1.04 bits per heavy atom. The quantitative estimate of drug-likeness (QED) is 0.732. The number of ether oxygens (including phenoxy) is 2. The Kier molecular flexibility index (Phi) is 8.26. The number of para-hydroxylation sites is 1. The second kappa shape index (κ2) is 10.4. The van der Waals surface area contributed by atoms with Crippen LogP contribution in [0.4, 0.5) is 0 Å². The fourth-order valence-electron chi connectivity index (χ4n) is 3.09. The summed E-state index contributed by atoms with van der Waals surface area (Å²) in [5.74, 6) is 0.918. The van der Waals surface area contributed by atoms with Crippen LogP contribution in [-0.4, -0.2) is 37.2 Å². The van der Waals surface area contributed by atoms with Gasteiger partial charge in [0.15, 0.2) is 0 Å². The van der Waals surface area contributed by atoms with Gasteiger partial charge in [0, 0.05) is 13.1 Å². The Balaban J connectivity index is 0.00000225. The fourth-order valence-corrected chi connectivity index (χ4v) is 3.09. The largest absolute Gasteiger partial charge is 0.489 e. The molecule has 25 heavy (non-hydrogen) atoms. The van der Waals surface area contributed by atoms with Crippen LogP contribution in [0.25, 0.3) is 0 Å². The first-order valence-corrected chi connectivity index (χ1v) is 8.89. The van der Waals surface area contributed by atoms with Gasteiger partial charge in [-0.3, -0.25) is 4.90 Å². The van der Waals surface area contributed by atoms with Crippen molar-refractivity contribution in [2.24, 2.45) is 0 Å². The third kappa shape index (κ3) is 6.69. The molecule has 1 aliphatic heterocycles. The first-order valence-electron chi connectivity index (χ1n) is 8.89. The van der Waals surface area contributed by atoms with Crippen molar-refractivity contribution in [1.82, 2.24) is 4.90 Å². The Hall–Kier alpha value is -1.55. The minimum atomic E-state index is 0. The normalized spacial score (nSPS) is 17.7. The summed E-state index contributed by atoms with van der Waals surface area (Å²) in [5, 5.41) is 0. The zero-order valence-electron chi connectivity index (χ0n) is 14.9. The molecule has 1 atom stereocenters. The van der Waals surface area contributed by atoms with Crippen LogP contribution < -0.4 is 4.74 Å². The van der Waals surface area contributed by atoms with Crippen molar-refractivity contribution in [2.75, 3.05) is 26.2 Å². The molecule has 1 fully saturated rings. The summed E-state index contributed by atoms with van der Waals surface area (Å²) in [5.41, 5.74) is 2.62. The summed E-state index contributed by atoms with van der Waals surface area (Å²) in [7, 11) is 0. The highest BCUT2D eigenvalue weighted by molar-refractivity contribution is 5.85. The van der Waals surface area contributed by atoms with Gasteiger partial charge >= 0.3 is 0 Å². The molecule has 1 saturated heterocycles. The number of halogens is 1. The summed E-state index contributed by atoms with van der Waals surface area (Å²) in [6.45, 7) is 6.94. The zero-order valence-corrected chi connectivity index (χ0v) is 15.7. The summed E-state index contributed by atoms with van der Waals surface area (Å²) in [4.78, 5) is 2.51. The molecular formula is C21H28ClNO2. The van der Waals surface area contributed by atoms with Gasteiger partial charge in [-0.1, -0.05) is 42.5 Å². The van der Waals surface area contributed by atoms with Gasteiger partial charge in [-0.05, 0) is 49.6 Å². The molecule has 0 saturated carbocycles. The van der Waals surface area contributed by atoms with Crippen LogP contribution in [0, 0.1) is 0 Å². The van der Waals surface area contributed by atoms with Crippen molar-refractivity contribution in [3.05, 3.63) is 65.7 Å². The number of hydrogen-bond acceptors (Lipinski definition) is 3. The van der Waals surface area contributed by atoms with E-state index < -0.39 is 0 Å². The van der Waals surface area contributed by atoms with Crippen LogP contribution >= 0.6 is 12.4 Å². The van der Waals surface area contributed by atoms with Crippen LogP contribution in [-0.2, 0) is 17.8 Å². The standard InChI is InChI=1S/C21H27NO2.ClH/c1-18-16-22(14-15-23-18)13-5-6-19-9-11-20(12-10-19)17-24-21-7-3-2-4-8-21;/h2-4,7-12,18H,5-6,13-17H2,1H3;1H. The van der Waals surface area contributed by atoms with Crippen LogP contribution in [0.1, 0.15) is 24.5 Å². The van der Waals surface area contributed by atoms with E-state index in [-0.39, 0.29) is 12.4 Å². The molecule has 0 radical (unpaired) electrons. The van der Waals surface area contributed by atoms with Gasteiger partial charge in [0.05, 0.1) is 12.7 Å². The van der Waals surface area contributed by atoms with E-state index >= 15 is 0 Å². The molecule has 3 nitrogen and oxygen atoms in total. The second-order valence-corrected chi connectivity index (χ2v) is 6.50. The zero-order chi connectivity index (χ0) is 16.6. The third-order valence-electron chi connectivity index (χ3n) is 4.44. The number of benzene rings is 2. The molecule has 3 rings (SSSR count). The van der Waals surface area contributed by atoms with Gasteiger partial charge in [-0.25, -0.2) is 0 Å². The van der Waals surface area contributed by atoms with E-state index in [1.165, 1.54) is 17.5 Å². The Morgan fingerprint density at radius 3 is 2.48 bits per heavy atom. The number of rotatable bonds is 7. The summed E-state index contributed by atoms with van der Waals surface area (Å²) < 4.78 is 11.4. The van der Waals surface area contributed by atoms with E-state index in [4.69, 9.17) is 9.47 Å². The lowest BCUT2D eigenvalue weighted by Crippen LogP contribution is -2.41. The molecule has 1 unspecified atom stereocenters. The topological polar surface area (TPSA) is 21.7 Å². The number of aryl methyl sites for hydroxylation is 1. The van der Waals surface area contributed by atoms with Crippen molar-refractivity contribution in [3.63, 3.8) is 0 Å². The highest BCUT2D eigenvalue weighted by atomic mass is 35.5. The maximum Gasteiger partial charge on any atom is 0.119 e. The monoisotopic (exact) mass is 361 g/mol. The first-order chi connectivity index (χ1) is 11.8. The molecule has 1 aliphatic rings. The van der Waals surface area contributed by atoms with Gasteiger partial charge in [0.1, 0.15) is 12.4 Å². The van der Waals surface area contributed by atoms with Crippen molar-refractivity contribution >= 4 is 12.4 Å². The van der Waals surface area contributed by atoms with Gasteiger partial charge < -0.3 is 9.47 Å². The van der Waals surface area contributed by atoms with Gasteiger partial charge in [-0.2, -0.15) is 0 Å². The third-order valence-corrected chi connectivity index (χ3v) is 4.44. The smallest absolute Gasteiger partial charge is 0.119 e. The molecular weight excluding hydrogens is 334 g/mol. The Bertz CT molecular complexity index is 603. The molecule has 0 bridgehead atoms. The number of hydrogen-bond donors (Lipinski definition) is 0. The van der Waals surface area contributed by atoms with Gasteiger partial charge in [-0.15, -0.1) is 12.4 Å². The van der Waals surface area contributed by atoms with Crippen LogP contribution in [0.15, 0.2) is 54.6 Å². The lowest BCUT2D eigenvalue weighted by molar-refractivity contribution is -0.0184. The van der Waals surface area contributed by atoms with E-state index in [2.05, 4.69) is 36.1 Å². The van der Waals surface area contributed by atoms with Crippen molar-refractivity contribution in [1.29, 1.82) is 0 Å². The average molecular weight is 362 g/mol. The predicted octanol–water partition coefficient (Wildman–Crippen LogP) is 4.34. The van der Waals surface area contributed by atoms with E-state index in [9.17, 15) is 0 Å². The predicted molar refractivity (Wildman–Crippen MR) is 105 cm³/mol. The van der Waals surface area contributed by atoms with E-state index in [1.54, 1.807) is 0 Å². The lowest BCUT2D eigenvalue weighted by Gasteiger charge is -2.31. The Labute approximate surface area is 157 Å². The molecule has 0 aromatic heterocycles. The molecule has 0 N–H and O–H groups in total. The van der Waals surface area contributed by atoms with Crippen molar-refractivity contribution in [2.45, 2.75) is 32.5 Å². The highest BCUT2D eigenvalue weighted by Crippen LogP contribution is 2.13. The minimum Gasteiger partial charge on any atom is -0.489 e. The minimum absolute atomic E-state index is 0. The molecule has 0 spiro atoms. The van der Waals surface area contributed by atoms with Gasteiger partial charge in [0.25, 0.3) is 0 Å². The SMILES string of the molecule is CC1CN(CCCc2ccc(COc3ccccc3)cc2)CCO1.Cl. The molecule has 136 valence electrons. The fraction of sp³-hybridized carbons (Fsp3) is 0.429.